The van der Waals surface area contributed by atoms with Crippen LogP contribution < -0.4 is 5.32 Å². The predicted octanol–water partition coefficient (Wildman–Crippen LogP) is 2.12. The number of rotatable bonds is 1. The van der Waals surface area contributed by atoms with Gasteiger partial charge in [-0.1, -0.05) is 6.08 Å². The number of H-pyrrole nitrogens is 1. The summed E-state index contributed by atoms with van der Waals surface area (Å²) in [6, 6.07) is 0. The molecule has 0 amide bonds. The summed E-state index contributed by atoms with van der Waals surface area (Å²) in [6.45, 7) is 1.99. The average Bonchev–Trinajstić information content (AvgIpc) is 2.86. The van der Waals surface area contributed by atoms with E-state index >= 15 is 0 Å². The van der Waals surface area contributed by atoms with Gasteiger partial charge < -0.3 is 10.3 Å². The summed E-state index contributed by atoms with van der Waals surface area (Å²) in [5.41, 5.74) is 6.32. The Kier molecular flexibility index (Phi) is 2.81. The fourth-order valence-corrected chi connectivity index (χ4v) is 3.95. The lowest BCUT2D eigenvalue weighted by molar-refractivity contribution is 0.737. The molecule has 0 saturated carbocycles. The molecule has 0 saturated heterocycles. The van der Waals surface area contributed by atoms with Crippen molar-refractivity contribution in [1.29, 1.82) is 0 Å². The van der Waals surface area contributed by atoms with Crippen molar-refractivity contribution in [1.82, 2.24) is 20.3 Å². The summed E-state index contributed by atoms with van der Waals surface area (Å²) in [6.07, 6.45) is 6.13. The molecule has 0 radical (unpaired) electrons. The first-order chi connectivity index (χ1) is 9.43. The van der Waals surface area contributed by atoms with Crippen molar-refractivity contribution in [2.45, 2.75) is 18.6 Å². The summed E-state index contributed by atoms with van der Waals surface area (Å²) in [5, 5.41) is 4.62. The van der Waals surface area contributed by atoms with Gasteiger partial charge in [0.2, 0.25) is 0 Å². The molecule has 4 rings (SSSR count). The van der Waals surface area contributed by atoms with Gasteiger partial charge >= 0.3 is 0 Å². The minimum atomic E-state index is 0.947. The summed E-state index contributed by atoms with van der Waals surface area (Å²) < 4.78 is 0. The second kappa shape index (κ2) is 4.65. The number of aromatic amines is 1. The fraction of sp³-hybridized carbons (Fsp3) is 0.429. The van der Waals surface area contributed by atoms with Gasteiger partial charge in [0, 0.05) is 23.4 Å². The van der Waals surface area contributed by atoms with Gasteiger partial charge in [0.05, 0.1) is 5.69 Å². The maximum absolute atomic E-state index is 4.57. The molecule has 0 fully saturated rings. The van der Waals surface area contributed by atoms with E-state index < -0.39 is 0 Å². The van der Waals surface area contributed by atoms with Crippen LogP contribution in [0.2, 0.25) is 0 Å². The second-order valence-electron chi connectivity index (χ2n) is 5.01. The van der Waals surface area contributed by atoms with Crippen LogP contribution in [0, 0.1) is 0 Å². The topological polar surface area (TPSA) is 53.6 Å². The van der Waals surface area contributed by atoms with Crippen LogP contribution in [0.3, 0.4) is 0 Å². The van der Waals surface area contributed by atoms with E-state index in [-0.39, 0.29) is 0 Å². The second-order valence-corrected chi connectivity index (χ2v) is 6.12. The molecule has 0 atom stereocenters. The zero-order valence-corrected chi connectivity index (χ0v) is 11.5. The van der Waals surface area contributed by atoms with Crippen molar-refractivity contribution in [3.63, 3.8) is 0 Å². The first-order valence-corrected chi connectivity index (χ1v) is 7.91. The maximum atomic E-state index is 4.57. The summed E-state index contributed by atoms with van der Waals surface area (Å²) in [5.74, 6) is 2.29. The van der Waals surface area contributed by atoms with Crippen LogP contribution in [0.15, 0.2) is 12.4 Å². The molecule has 4 nitrogen and oxygen atoms in total. The third-order valence-corrected chi connectivity index (χ3v) is 4.88. The number of aryl methyl sites for hydroxylation is 1. The molecule has 0 spiro atoms. The quantitative estimate of drug-likeness (QED) is 0.835. The third-order valence-electron chi connectivity index (χ3n) is 3.89. The van der Waals surface area contributed by atoms with E-state index in [2.05, 4.69) is 26.3 Å². The van der Waals surface area contributed by atoms with Crippen molar-refractivity contribution < 1.29 is 0 Å². The normalized spacial score (nSPS) is 19.3. The molecule has 2 aliphatic heterocycles. The van der Waals surface area contributed by atoms with E-state index in [4.69, 9.17) is 0 Å². The number of fused-ring (bicyclic) bond motifs is 3. The van der Waals surface area contributed by atoms with Gasteiger partial charge in [-0.05, 0) is 36.3 Å². The molecule has 2 aliphatic rings. The Morgan fingerprint density at radius 1 is 1.21 bits per heavy atom. The van der Waals surface area contributed by atoms with E-state index in [0.29, 0.717) is 0 Å². The zero-order valence-electron chi connectivity index (χ0n) is 10.7. The maximum Gasteiger partial charge on any atom is 0.141 e. The number of nitrogens with one attached hydrogen (secondary N) is 2. The highest BCUT2D eigenvalue weighted by atomic mass is 32.2. The lowest BCUT2D eigenvalue weighted by atomic mass is 10.0. The molecule has 2 N–H and O–H groups in total. The number of thioether (sulfide) groups is 1. The Morgan fingerprint density at radius 2 is 2.21 bits per heavy atom. The Morgan fingerprint density at radius 3 is 3.11 bits per heavy atom. The molecule has 0 aromatic carbocycles. The van der Waals surface area contributed by atoms with Crippen LogP contribution in [-0.2, 0) is 12.2 Å². The van der Waals surface area contributed by atoms with Crippen molar-refractivity contribution >= 4 is 28.4 Å². The Hall–Kier alpha value is -1.33. The first-order valence-electron chi connectivity index (χ1n) is 6.76. The van der Waals surface area contributed by atoms with Crippen LogP contribution in [0.5, 0.6) is 0 Å². The van der Waals surface area contributed by atoms with E-state index in [1.54, 1.807) is 6.33 Å². The smallest absolute Gasteiger partial charge is 0.141 e. The largest absolute Gasteiger partial charge is 0.343 e. The molecule has 98 valence electrons. The van der Waals surface area contributed by atoms with Gasteiger partial charge in [0.1, 0.15) is 12.0 Å². The van der Waals surface area contributed by atoms with Crippen molar-refractivity contribution in [2.75, 3.05) is 18.8 Å². The summed E-state index contributed by atoms with van der Waals surface area (Å²) >= 11 is 2.01. The van der Waals surface area contributed by atoms with Crippen LogP contribution in [-0.4, -0.2) is 33.8 Å². The zero-order chi connectivity index (χ0) is 12.7. The van der Waals surface area contributed by atoms with Gasteiger partial charge in [-0.15, -0.1) is 0 Å². The lowest BCUT2D eigenvalue weighted by Crippen LogP contribution is -2.20. The molecule has 2 aromatic heterocycles. The van der Waals surface area contributed by atoms with E-state index in [1.165, 1.54) is 28.0 Å². The minimum Gasteiger partial charge on any atom is -0.343 e. The number of hydrogen-bond acceptors (Lipinski definition) is 4. The summed E-state index contributed by atoms with van der Waals surface area (Å²) in [4.78, 5) is 12.5. The van der Waals surface area contributed by atoms with Gasteiger partial charge in [0.15, 0.2) is 0 Å². The Labute approximate surface area is 116 Å². The lowest BCUT2D eigenvalue weighted by Gasteiger charge is -2.15. The Balaban J connectivity index is 1.95. The average molecular weight is 272 g/mol. The van der Waals surface area contributed by atoms with Crippen molar-refractivity contribution in [3.8, 4) is 0 Å². The van der Waals surface area contributed by atoms with Crippen LogP contribution in [0.1, 0.15) is 23.4 Å². The monoisotopic (exact) mass is 272 g/mol. The standard InChI is InChI=1S/C14H16N4S/c1-4-15-5-2-9(1)13-12-10-7-19-6-3-11(10)18-14(12)17-8-16-13/h1,8,15H,2-7H2,(H,16,17,18). The van der Waals surface area contributed by atoms with Gasteiger partial charge in [-0.2, -0.15) is 11.8 Å². The SMILES string of the molecule is C1=C(c2ncnc3[nH]c4c(c23)CSCC4)CCNC1. The van der Waals surface area contributed by atoms with E-state index in [0.717, 1.165) is 43.0 Å². The van der Waals surface area contributed by atoms with Crippen LogP contribution in [0.25, 0.3) is 16.6 Å². The van der Waals surface area contributed by atoms with Gasteiger partial charge in [-0.25, -0.2) is 9.97 Å². The molecule has 2 aromatic rings. The molecular weight excluding hydrogens is 256 g/mol. The molecular formula is C14H16N4S. The number of nitrogens with zero attached hydrogens (tertiary/aromatic N) is 2. The molecule has 0 unspecified atom stereocenters. The minimum absolute atomic E-state index is 0.947. The van der Waals surface area contributed by atoms with Crippen LogP contribution in [0.4, 0.5) is 0 Å². The van der Waals surface area contributed by atoms with Crippen molar-refractivity contribution in [2.24, 2.45) is 0 Å². The highest BCUT2D eigenvalue weighted by Gasteiger charge is 2.21. The third kappa shape index (κ3) is 1.88. The number of hydrogen-bond donors (Lipinski definition) is 2. The van der Waals surface area contributed by atoms with E-state index in [1.807, 2.05) is 11.8 Å². The van der Waals surface area contributed by atoms with E-state index in [9.17, 15) is 0 Å². The molecule has 5 heteroatoms. The highest BCUT2D eigenvalue weighted by molar-refractivity contribution is 7.98. The molecule has 0 bridgehead atoms. The Bertz CT molecular complexity index is 659. The molecule has 4 heterocycles. The first kappa shape index (κ1) is 11.5. The molecule has 0 aliphatic carbocycles. The van der Waals surface area contributed by atoms with Gasteiger partial charge in [0.25, 0.3) is 0 Å². The summed E-state index contributed by atoms with van der Waals surface area (Å²) in [7, 11) is 0. The fourth-order valence-electron chi connectivity index (χ4n) is 2.94. The van der Waals surface area contributed by atoms with Crippen LogP contribution >= 0.6 is 11.8 Å². The highest BCUT2D eigenvalue weighted by Crippen LogP contribution is 2.34. The molecule has 19 heavy (non-hydrogen) atoms. The predicted molar refractivity (Wildman–Crippen MR) is 79.2 cm³/mol. The van der Waals surface area contributed by atoms with Gasteiger partial charge in [-0.3, -0.25) is 0 Å². The number of aromatic nitrogens is 3. The van der Waals surface area contributed by atoms with Crippen molar-refractivity contribution in [3.05, 3.63) is 29.4 Å².